The van der Waals surface area contributed by atoms with Crippen molar-refractivity contribution in [2.24, 2.45) is 5.41 Å². The fourth-order valence-corrected chi connectivity index (χ4v) is 6.63. The number of hydrogen-bond acceptors (Lipinski definition) is 6. The van der Waals surface area contributed by atoms with Gasteiger partial charge in [0.25, 0.3) is 0 Å². The summed E-state index contributed by atoms with van der Waals surface area (Å²) in [5.74, 6) is -0.0625. The lowest BCUT2D eigenvalue weighted by Gasteiger charge is -2.27. The number of rotatable bonds is 38. The van der Waals surface area contributed by atoms with E-state index >= 15 is 0 Å². The number of carbonyl (C=O) groups excluding carboxylic acids is 2. The van der Waals surface area contributed by atoms with Gasteiger partial charge in [-0.3, -0.25) is 9.59 Å². The molecule has 0 aliphatic carbocycles. The molecule has 0 rings (SSSR count). The van der Waals surface area contributed by atoms with E-state index in [4.69, 9.17) is 9.47 Å². The highest BCUT2D eigenvalue weighted by Gasteiger charge is 2.30. The summed E-state index contributed by atoms with van der Waals surface area (Å²) in [6.07, 6.45) is 33.3. The van der Waals surface area contributed by atoms with Crippen LogP contribution in [-0.4, -0.2) is 60.9 Å². The van der Waals surface area contributed by atoms with E-state index in [1.165, 1.54) is 89.9 Å². The Morgan fingerprint density at radius 2 is 1.02 bits per heavy atom. The number of hydrogen-bond donors (Lipinski definition) is 1. The van der Waals surface area contributed by atoms with Crippen LogP contribution in [0.3, 0.4) is 0 Å². The number of esters is 2. The molecule has 0 spiro atoms. The molecule has 6 nitrogen and oxygen atoms in total. The van der Waals surface area contributed by atoms with Crippen molar-refractivity contribution in [1.82, 2.24) is 4.90 Å². The van der Waals surface area contributed by atoms with E-state index in [9.17, 15) is 14.7 Å². The van der Waals surface area contributed by atoms with Crippen LogP contribution in [0.1, 0.15) is 221 Å². The van der Waals surface area contributed by atoms with Crippen LogP contribution in [0.15, 0.2) is 0 Å². The molecule has 0 saturated heterocycles. The summed E-state index contributed by atoms with van der Waals surface area (Å²) in [6, 6.07) is 0. The Labute approximate surface area is 305 Å². The van der Waals surface area contributed by atoms with Gasteiger partial charge in [-0.15, -0.1) is 0 Å². The van der Waals surface area contributed by atoms with Crippen LogP contribution < -0.4 is 0 Å². The van der Waals surface area contributed by atoms with Crippen molar-refractivity contribution in [3.8, 4) is 0 Å². The molecule has 0 aromatic rings. The first kappa shape index (κ1) is 47.9. The van der Waals surface area contributed by atoms with E-state index in [-0.39, 0.29) is 24.6 Å². The highest BCUT2D eigenvalue weighted by Crippen LogP contribution is 2.28. The summed E-state index contributed by atoms with van der Waals surface area (Å²) in [7, 11) is 0. The number of ether oxygens (including phenoxy) is 2. The first-order chi connectivity index (χ1) is 23.8. The number of carbonyl (C=O) groups is 2. The Bertz CT molecular complexity index is 713. The van der Waals surface area contributed by atoms with Crippen LogP contribution in [0.2, 0.25) is 0 Å². The van der Waals surface area contributed by atoms with Crippen molar-refractivity contribution in [2.75, 3.05) is 32.8 Å². The van der Waals surface area contributed by atoms with E-state index in [0.717, 1.165) is 103 Å². The van der Waals surface area contributed by atoms with Gasteiger partial charge in [-0.1, -0.05) is 143 Å². The lowest BCUT2D eigenvalue weighted by atomic mass is 9.86. The second-order valence-corrected chi connectivity index (χ2v) is 15.6. The standard InChI is InChI=1S/C43H85NO5/c1-6-9-12-15-16-17-22-30-39-48-41(46)33-26-23-29-36-44(37-38-45)35-28-21-20-27-34-43(4,5)42(47)49-40(31-24-18-13-10-7-2)32-25-19-14-11-8-3/h40,45H,6-39H2,1-5H3. The van der Waals surface area contributed by atoms with Gasteiger partial charge in [0, 0.05) is 13.0 Å². The zero-order chi connectivity index (χ0) is 36.3. The number of nitrogens with zero attached hydrogens (tertiary/aromatic N) is 1. The Kier molecular flexibility index (Phi) is 34.5. The molecule has 0 unspecified atom stereocenters. The molecule has 0 fully saturated rings. The summed E-state index contributed by atoms with van der Waals surface area (Å²) in [6.45, 7) is 14.3. The molecule has 6 heteroatoms. The van der Waals surface area contributed by atoms with Crippen LogP contribution in [0.4, 0.5) is 0 Å². The van der Waals surface area contributed by atoms with E-state index in [0.29, 0.717) is 19.6 Å². The predicted molar refractivity (Wildman–Crippen MR) is 209 cm³/mol. The second-order valence-electron chi connectivity index (χ2n) is 15.6. The van der Waals surface area contributed by atoms with Gasteiger partial charge in [-0.2, -0.15) is 0 Å². The summed E-state index contributed by atoms with van der Waals surface area (Å²) >= 11 is 0. The maximum absolute atomic E-state index is 13.2. The third-order valence-electron chi connectivity index (χ3n) is 10.1. The highest BCUT2D eigenvalue weighted by atomic mass is 16.5. The Morgan fingerprint density at radius 3 is 1.55 bits per heavy atom. The fraction of sp³-hybridized carbons (Fsp3) is 0.953. The molecular weight excluding hydrogens is 610 g/mol. The topological polar surface area (TPSA) is 76.1 Å². The van der Waals surface area contributed by atoms with Crippen LogP contribution >= 0.6 is 0 Å². The Morgan fingerprint density at radius 1 is 0.571 bits per heavy atom. The largest absolute Gasteiger partial charge is 0.466 e. The van der Waals surface area contributed by atoms with Crippen LogP contribution in [0, 0.1) is 5.41 Å². The molecule has 292 valence electrons. The molecular formula is C43H85NO5. The highest BCUT2D eigenvalue weighted by molar-refractivity contribution is 5.76. The van der Waals surface area contributed by atoms with Crippen molar-refractivity contribution in [1.29, 1.82) is 0 Å². The maximum atomic E-state index is 13.2. The average molecular weight is 696 g/mol. The summed E-state index contributed by atoms with van der Waals surface area (Å²) in [5.41, 5.74) is -0.439. The van der Waals surface area contributed by atoms with Crippen LogP contribution in [-0.2, 0) is 19.1 Å². The lowest BCUT2D eigenvalue weighted by molar-refractivity contribution is -0.161. The van der Waals surface area contributed by atoms with Crippen molar-refractivity contribution < 1.29 is 24.2 Å². The maximum Gasteiger partial charge on any atom is 0.311 e. The smallest absolute Gasteiger partial charge is 0.311 e. The molecule has 0 bridgehead atoms. The minimum Gasteiger partial charge on any atom is -0.466 e. The zero-order valence-electron chi connectivity index (χ0n) is 33.6. The van der Waals surface area contributed by atoms with Gasteiger partial charge in [-0.25, -0.2) is 0 Å². The predicted octanol–water partition coefficient (Wildman–Crippen LogP) is 12.1. The normalized spacial score (nSPS) is 11.9. The Hall–Kier alpha value is -1.14. The van der Waals surface area contributed by atoms with Gasteiger partial charge in [-0.05, 0) is 84.7 Å². The lowest BCUT2D eigenvalue weighted by Crippen LogP contribution is -2.31. The third-order valence-corrected chi connectivity index (χ3v) is 10.1. The zero-order valence-corrected chi connectivity index (χ0v) is 33.6. The summed E-state index contributed by atoms with van der Waals surface area (Å²) in [5, 5.41) is 9.56. The molecule has 49 heavy (non-hydrogen) atoms. The molecule has 0 aliphatic rings. The first-order valence-corrected chi connectivity index (χ1v) is 21.5. The van der Waals surface area contributed by atoms with Crippen molar-refractivity contribution in [3.63, 3.8) is 0 Å². The summed E-state index contributed by atoms with van der Waals surface area (Å²) in [4.78, 5) is 27.7. The van der Waals surface area contributed by atoms with Gasteiger partial charge in [0.05, 0.1) is 18.6 Å². The van der Waals surface area contributed by atoms with E-state index in [2.05, 4.69) is 39.5 Å². The molecule has 0 aliphatic heterocycles. The van der Waals surface area contributed by atoms with E-state index in [1.54, 1.807) is 0 Å². The third kappa shape index (κ3) is 31.3. The number of aliphatic hydroxyl groups is 1. The van der Waals surface area contributed by atoms with Gasteiger partial charge >= 0.3 is 11.9 Å². The van der Waals surface area contributed by atoms with Crippen LogP contribution in [0.5, 0.6) is 0 Å². The number of unbranched alkanes of at least 4 members (excludes halogenated alkanes) is 20. The molecule has 1 N–H and O–H groups in total. The molecule has 0 atom stereocenters. The SMILES string of the molecule is CCCCCCCCCCOC(=O)CCCCCN(CCO)CCCCCCC(C)(C)C(=O)OC(CCCCCCC)CCCCCCC. The van der Waals surface area contributed by atoms with Gasteiger partial charge in [0.2, 0.25) is 0 Å². The molecule has 0 radical (unpaired) electrons. The minimum absolute atomic E-state index is 0.00880. The number of aliphatic hydroxyl groups excluding tert-OH is 1. The van der Waals surface area contributed by atoms with E-state index in [1.807, 2.05) is 0 Å². The van der Waals surface area contributed by atoms with Gasteiger partial charge in [0.1, 0.15) is 6.10 Å². The average Bonchev–Trinajstić information content (AvgIpc) is 3.08. The molecule has 0 saturated carbocycles. The van der Waals surface area contributed by atoms with Crippen molar-refractivity contribution >= 4 is 11.9 Å². The molecule has 0 aromatic carbocycles. The monoisotopic (exact) mass is 696 g/mol. The quantitative estimate of drug-likeness (QED) is 0.0512. The molecule has 0 heterocycles. The molecule has 0 amide bonds. The first-order valence-electron chi connectivity index (χ1n) is 21.5. The Balaban J connectivity index is 4.17. The fourth-order valence-electron chi connectivity index (χ4n) is 6.63. The van der Waals surface area contributed by atoms with Crippen molar-refractivity contribution in [2.45, 2.75) is 227 Å². The van der Waals surface area contributed by atoms with Crippen LogP contribution in [0.25, 0.3) is 0 Å². The van der Waals surface area contributed by atoms with Gasteiger partial charge < -0.3 is 19.5 Å². The molecule has 0 aromatic heterocycles. The minimum atomic E-state index is -0.439. The summed E-state index contributed by atoms with van der Waals surface area (Å²) < 4.78 is 11.6. The second kappa shape index (κ2) is 35.3. The van der Waals surface area contributed by atoms with Crippen molar-refractivity contribution in [3.05, 3.63) is 0 Å². The van der Waals surface area contributed by atoms with Gasteiger partial charge in [0.15, 0.2) is 0 Å². The van der Waals surface area contributed by atoms with E-state index < -0.39 is 5.41 Å².